The number of carbonyl (C=O) groups excluding carboxylic acids is 1. The zero-order chi connectivity index (χ0) is 19.6. The number of aliphatic carboxylic acids is 1. The lowest BCUT2D eigenvalue weighted by Gasteiger charge is -2.59. The molecule has 3 aliphatic rings. The van der Waals surface area contributed by atoms with Crippen LogP contribution in [-0.2, 0) is 4.79 Å². The second kappa shape index (κ2) is 5.87. The molecule has 1 heterocycles. The Kier molecular flexibility index (Phi) is 4.05. The predicted molar refractivity (Wildman–Crippen MR) is 102 cm³/mol. The van der Waals surface area contributed by atoms with Crippen LogP contribution in [0, 0.1) is 29.6 Å². The Labute approximate surface area is 161 Å². The van der Waals surface area contributed by atoms with E-state index in [1.54, 1.807) is 0 Å². The predicted octanol–water partition coefficient (Wildman–Crippen LogP) is 3.67. The number of fused-ring (bicyclic) bond motifs is 1. The fourth-order valence-electron chi connectivity index (χ4n) is 6.97. The highest BCUT2D eigenvalue weighted by Gasteiger charge is 2.74. The van der Waals surface area contributed by atoms with Gasteiger partial charge in [0.2, 0.25) is 0 Å². The molecular formula is C22H31N2O3+. The molecule has 0 aliphatic heterocycles. The molecule has 146 valence electrons. The van der Waals surface area contributed by atoms with Gasteiger partial charge in [0.1, 0.15) is 6.04 Å². The molecule has 1 N–H and O–H groups in total. The van der Waals surface area contributed by atoms with Gasteiger partial charge >= 0.3 is 11.9 Å². The smallest absolute Gasteiger partial charge is 0.364 e. The number of rotatable bonds is 4. The minimum Gasteiger partial charge on any atom is -0.481 e. The van der Waals surface area contributed by atoms with Crippen LogP contribution >= 0.6 is 0 Å². The first kappa shape index (κ1) is 18.6. The number of amides is 1. The van der Waals surface area contributed by atoms with E-state index in [4.69, 9.17) is 0 Å². The standard InChI is InChI=1S/C22H30N2O3/c1-5-24(4,19(25)17-8-6-7-15(3)23-17)18-9-16-12-21(20(26)27)10-14(2)11-22(16,18)13-21/h6-8,14,16,18H,5,9-13H2,1-4H3/p+1. The average Bonchev–Trinajstić information content (AvgIpc) is 2.80. The van der Waals surface area contributed by atoms with E-state index in [0.29, 0.717) is 28.6 Å². The van der Waals surface area contributed by atoms with Gasteiger partial charge < -0.3 is 5.11 Å². The molecule has 3 fully saturated rings. The van der Waals surface area contributed by atoms with Gasteiger partial charge in [-0.25, -0.2) is 9.78 Å². The minimum atomic E-state index is -0.626. The molecule has 0 aromatic carbocycles. The number of quaternary nitrogens is 1. The molecule has 1 aromatic heterocycles. The van der Waals surface area contributed by atoms with Crippen molar-refractivity contribution in [3.05, 3.63) is 29.6 Å². The zero-order valence-corrected chi connectivity index (χ0v) is 16.9. The van der Waals surface area contributed by atoms with E-state index in [2.05, 4.69) is 18.8 Å². The van der Waals surface area contributed by atoms with Gasteiger partial charge in [-0.3, -0.25) is 9.28 Å². The molecule has 5 nitrogen and oxygen atoms in total. The first-order chi connectivity index (χ1) is 12.7. The molecule has 1 aromatic rings. The fraction of sp³-hybridized carbons (Fsp3) is 0.682. The minimum absolute atomic E-state index is 0.000299. The van der Waals surface area contributed by atoms with Gasteiger partial charge in [-0.2, -0.15) is 0 Å². The van der Waals surface area contributed by atoms with Gasteiger partial charge in [-0.05, 0) is 63.5 Å². The summed E-state index contributed by atoms with van der Waals surface area (Å²) in [4.78, 5) is 30.1. The van der Waals surface area contributed by atoms with Crippen LogP contribution in [0.15, 0.2) is 18.2 Å². The van der Waals surface area contributed by atoms with Gasteiger partial charge in [0.05, 0.1) is 19.0 Å². The molecule has 1 spiro atoms. The molecular weight excluding hydrogens is 340 g/mol. The SMILES string of the molecule is CC[N+](C)(C(=O)c1cccc(C)n1)C1CC2CC3(C(=O)O)CC(C)CC21C3. The Morgan fingerprint density at radius 2 is 2.04 bits per heavy atom. The van der Waals surface area contributed by atoms with Crippen molar-refractivity contribution in [3.63, 3.8) is 0 Å². The molecule has 4 rings (SSSR count). The van der Waals surface area contributed by atoms with E-state index in [1.807, 2.05) is 32.2 Å². The van der Waals surface area contributed by atoms with E-state index >= 15 is 0 Å². The molecule has 5 heteroatoms. The number of hydrogen-bond donors (Lipinski definition) is 1. The highest BCUT2D eigenvalue weighted by molar-refractivity contribution is 5.87. The fourth-order valence-corrected chi connectivity index (χ4v) is 6.97. The third-order valence-electron chi connectivity index (χ3n) is 8.13. The van der Waals surface area contributed by atoms with Gasteiger partial charge in [0, 0.05) is 17.5 Å². The number of nitrogens with zero attached hydrogens (tertiary/aromatic N) is 2. The van der Waals surface area contributed by atoms with Gasteiger partial charge in [-0.1, -0.05) is 13.0 Å². The first-order valence-corrected chi connectivity index (χ1v) is 10.2. The van der Waals surface area contributed by atoms with Crippen molar-refractivity contribution in [2.75, 3.05) is 13.6 Å². The largest absolute Gasteiger partial charge is 0.481 e. The molecule has 6 unspecified atom stereocenters. The molecule has 0 radical (unpaired) electrons. The Hall–Kier alpha value is -1.75. The van der Waals surface area contributed by atoms with Crippen molar-refractivity contribution in [1.29, 1.82) is 0 Å². The summed E-state index contributed by atoms with van der Waals surface area (Å²) in [5, 5.41) is 9.98. The van der Waals surface area contributed by atoms with E-state index in [0.717, 1.165) is 37.8 Å². The third-order valence-corrected chi connectivity index (χ3v) is 8.13. The Morgan fingerprint density at radius 3 is 2.67 bits per heavy atom. The van der Waals surface area contributed by atoms with Crippen molar-refractivity contribution >= 4 is 11.9 Å². The summed E-state index contributed by atoms with van der Waals surface area (Å²) in [6.45, 7) is 6.88. The molecule has 3 aliphatic carbocycles. The van der Waals surface area contributed by atoms with Crippen LogP contribution in [-0.4, -0.2) is 46.1 Å². The maximum absolute atomic E-state index is 13.5. The summed E-state index contributed by atoms with van der Waals surface area (Å²) in [6, 6.07) is 5.82. The van der Waals surface area contributed by atoms with Crippen molar-refractivity contribution in [3.8, 4) is 0 Å². The monoisotopic (exact) mass is 371 g/mol. The van der Waals surface area contributed by atoms with Crippen molar-refractivity contribution in [2.24, 2.45) is 22.7 Å². The molecule has 1 amide bonds. The Morgan fingerprint density at radius 1 is 1.30 bits per heavy atom. The molecule has 3 saturated carbocycles. The number of carboxylic acid groups (broad SMARTS) is 1. The zero-order valence-electron chi connectivity index (χ0n) is 16.9. The van der Waals surface area contributed by atoms with Gasteiger partial charge in [-0.15, -0.1) is 0 Å². The quantitative estimate of drug-likeness (QED) is 0.820. The van der Waals surface area contributed by atoms with Crippen LogP contribution in [0.2, 0.25) is 0 Å². The summed E-state index contributed by atoms with van der Waals surface area (Å²) < 4.78 is 0.343. The van der Waals surface area contributed by atoms with Crippen molar-refractivity contribution < 1.29 is 19.2 Å². The highest BCUT2D eigenvalue weighted by atomic mass is 16.4. The third kappa shape index (κ3) is 2.43. The Bertz CT molecular complexity index is 809. The van der Waals surface area contributed by atoms with E-state index in [1.165, 1.54) is 0 Å². The normalized spacial score (nSPS) is 39.2. The van der Waals surface area contributed by atoms with Crippen LogP contribution in [0.4, 0.5) is 0 Å². The maximum atomic E-state index is 13.5. The molecule has 27 heavy (non-hydrogen) atoms. The first-order valence-electron chi connectivity index (χ1n) is 10.2. The lowest BCUT2D eigenvalue weighted by Crippen LogP contribution is -2.69. The number of aromatic nitrogens is 1. The molecule has 2 bridgehead atoms. The topological polar surface area (TPSA) is 67.3 Å². The van der Waals surface area contributed by atoms with Crippen molar-refractivity contribution in [2.45, 2.75) is 58.9 Å². The lowest BCUT2D eigenvalue weighted by molar-refractivity contribution is -0.873. The summed E-state index contributed by atoms with van der Waals surface area (Å²) >= 11 is 0. The molecule has 6 atom stereocenters. The van der Waals surface area contributed by atoms with E-state index in [9.17, 15) is 14.7 Å². The highest BCUT2D eigenvalue weighted by Crippen LogP contribution is 2.72. The van der Waals surface area contributed by atoms with Crippen LogP contribution in [0.25, 0.3) is 0 Å². The Balaban J connectivity index is 1.70. The number of carboxylic acids is 1. The second-order valence-corrected chi connectivity index (χ2v) is 9.71. The maximum Gasteiger partial charge on any atom is 0.364 e. The van der Waals surface area contributed by atoms with Crippen LogP contribution in [0.1, 0.15) is 62.1 Å². The second-order valence-electron chi connectivity index (χ2n) is 9.71. The number of hydrogen-bond acceptors (Lipinski definition) is 3. The van der Waals surface area contributed by atoms with Gasteiger partial charge in [0.15, 0.2) is 5.69 Å². The van der Waals surface area contributed by atoms with E-state index in [-0.39, 0.29) is 17.4 Å². The summed E-state index contributed by atoms with van der Waals surface area (Å²) in [5.74, 6) is 0.301. The lowest BCUT2D eigenvalue weighted by atomic mass is 9.51. The summed E-state index contributed by atoms with van der Waals surface area (Å²) in [6.07, 6.45) is 4.35. The van der Waals surface area contributed by atoms with Crippen molar-refractivity contribution in [1.82, 2.24) is 4.98 Å². The summed E-state index contributed by atoms with van der Waals surface area (Å²) in [7, 11) is 2.04. The van der Waals surface area contributed by atoms with Crippen LogP contribution < -0.4 is 0 Å². The summed E-state index contributed by atoms with van der Waals surface area (Å²) in [5.41, 5.74) is 0.816. The van der Waals surface area contributed by atoms with Gasteiger partial charge in [0.25, 0.3) is 0 Å². The van der Waals surface area contributed by atoms with Crippen LogP contribution in [0.3, 0.4) is 0 Å². The number of aryl methyl sites for hydroxylation is 1. The molecule has 0 saturated heterocycles. The average molecular weight is 372 g/mol. The van der Waals surface area contributed by atoms with E-state index < -0.39 is 11.4 Å². The van der Waals surface area contributed by atoms with Crippen LogP contribution in [0.5, 0.6) is 0 Å². The number of pyridine rings is 1. The number of carbonyl (C=O) groups is 2.